The molecule has 1 aliphatic heterocycles. The number of nitrogens with one attached hydrogen (secondary N) is 1. The van der Waals surface area contributed by atoms with E-state index in [0.29, 0.717) is 12.4 Å². The Balaban J connectivity index is 2.54. The molecule has 64 valence electrons. The lowest BCUT2D eigenvalue weighted by Crippen LogP contribution is -2.18. The molecule has 1 heterocycles. The van der Waals surface area contributed by atoms with E-state index < -0.39 is 0 Å². The summed E-state index contributed by atoms with van der Waals surface area (Å²) in [4.78, 5) is 0. The summed E-state index contributed by atoms with van der Waals surface area (Å²) >= 11 is 0. The summed E-state index contributed by atoms with van der Waals surface area (Å²) in [5, 5.41) is 12.6. The summed E-state index contributed by atoms with van der Waals surface area (Å²) in [7, 11) is 0. The molecule has 0 saturated carbocycles. The maximum atomic E-state index is 9.38. The van der Waals surface area contributed by atoms with Crippen LogP contribution in [-0.4, -0.2) is 18.3 Å². The summed E-state index contributed by atoms with van der Waals surface area (Å²) in [6, 6.07) is 3.44. The van der Waals surface area contributed by atoms with Crippen molar-refractivity contribution >= 4 is 5.69 Å². The molecule has 0 amide bonds. The van der Waals surface area contributed by atoms with Gasteiger partial charge in [-0.1, -0.05) is 0 Å². The van der Waals surface area contributed by atoms with Crippen LogP contribution in [0.3, 0.4) is 0 Å². The molecule has 0 atom stereocenters. The zero-order valence-electron chi connectivity index (χ0n) is 6.92. The smallest absolute Gasteiger partial charge is 0.143 e. The molecule has 1 aliphatic rings. The van der Waals surface area contributed by atoms with E-state index in [1.54, 1.807) is 12.1 Å². The third kappa shape index (κ3) is 0.978. The number of anilines is 1. The number of fused-ring (bicyclic) bond motifs is 1. The Morgan fingerprint density at radius 1 is 1.50 bits per heavy atom. The number of aromatic hydroxyl groups is 1. The van der Waals surface area contributed by atoms with Crippen LogP contribution in [-0.2, 0) is 0 Å². The van der Waals surface area contributed by atoms with Gasteiger partial charge in [0.25, 0.3) is 0 Å². The van der Waals surface area contributed by atoms with Crippen molar-refractivity contribution in [1.82, 2.24) is 0 Å². The van der Waals surface area contributed by atoms with Crippen LogP contribution >= 0.6 is 0 Å². The lowest BCUT2D eigenvalue weighted by atomic mass is 10.1. The van der Waals surface area contributed by atoms with E-state index in [1.807, 2.05) is 6.92 Å². The van der Waals surface area contributed by atoms with Crippen molar-refractivity contribution in [2.75, 3.05) is 18.5 Å². The molecule has 3 nitrogen and oxygen atoms in total. The number of hydrogen-bond donors (Lipinski definition) is 2. The zero-order valence-corrected chi connectivity index (χ0v) is 6.92. The summed E-state index contributed by atoms with van der Waals surface area (Å²) in [5.74, 6) is 1.14. The normalized spacial score (nSPS) is 14.4. The predicted molar refractivity (Wildman–Crippen MR) is 46.8 cm³/mol. The monoisotopic (exact) mass is 165 g/mol. The Kier molecular flexibility index (Phi) is 1.57. The first-order valence-electron chi connectivity index (χ1n) is 3.98. The second-order valence-corrected chi connectivity index (χ2v) is 2.86. The van der Waals surface area contributed by atoms with Crippen molar-refractivity contribution in [3.8, 4) is 11.5 Å². The molecule has 1 aromatic rings. The molecule has 0 bridgehead atoms. The number of ether oxygens (including phenoxy) is 1. The fourth-order valence-electron chi connectivity index (χ4n) is 1.35. The van der Waals surface area contributed by atoms with Crippen LogP contribution in [0, 0.1) is 6.92 Å². The van der Waals surface area contributed by atoms with E-state index in [2.05, 4.69) is 5.32 Å². The molecule has 0 aromatic heterocycles. The quantitative estimate of drug-likeness (QED) is 0.612. The van der Waals surface area contributed by atoms with Gasteiger partial charge in [-0.25, -0.2) is 0 Å². The zero-order chi connectivity index (χ0) is 8.55. The van der Waals surface area contributed by atoms with Crippen LogP contribution in [0.4, 0.5) is 5.69 Å². The minimum absolute atomic E-state index is 0.312. The Labute approximate surface area is 71.0 Å². The second kappa shape index (κ2) is 2.59. The molecule has 3 heteroatoms. The summed E-state index contributed by atoms with van der Waals surface area (Å²) < 4.78 is 5.39. The van der Waals surface area contributed by atoms with E-state index >= 15 is 0 Å². The van der Waals surface area contributed by atoms with Crippen molar-refractivity contribution in [1.29, 1.82) is 0 Å². The van der Waals surface area contributed by atoms with Gasteiger partial charge >= 0.3 is 0 Å². The standard InChI is InChI=1S/C9H11NO2/c1-6-7(11)2-3-8-9(6)10-4-5-12-8/h2-3,10-11H,4-5H2,1H3. The van der Waals surface area contributed by atoms with Crippen LogP contribution in [0.15, 0.2) is 12.1 Å². The third-order valence-corrected chi connectivity index (χ3v) is 2.06. The van der Waals surface area contributed by atoms with Gasteiger partial charge in [0.1, 0.15) is 18.1 Å². The molecule has 0 unspecified atom stereocenters. The lowest BCUT2D eigenvalue weighted by molar-refractivity contribution is 0.322. The Hall–Kier alpha value is -1.38. The van der Waals surface area contributed by atoms with Crippen LogP contribution in [0.5, 0.6) is 11.5 Å². The minimum Gasteiger partial charge on any atom is -0.508 e. The number of phenolic OH excluding ortho intramolecular Hbond substituents is 1. The molecule has 0 aliphatic carbocycles. The third-order valence-electron chi connectivity index (χ3n) is 2.06. The number of rotatable bonds is 0. The van der Waals surface area contributed by atoms with Crippen molar-refractivity contribution < 1.29 is 9.84 Å². The summed E-state index contributed by atoms with van der Waals surface area (Å²) in [6.45, 7) is 3.37. The molecule has 12 heavy (non-hydrogen) atoms. The van der Waals surface area contributed by atoms with Gasteiger partial charge in [0.05, 0.1) is 5.69 Å². The van der Waals surface area contributed by atoms with E-state index in [4.69, 9.17) is 4.74 Å². The van der Waals surface area contributed by atoms with Gasteiger partial charge in [-0.3, -0.25) is 0 Å². The molecule has 0 saturated heterocycles. The fraction of sp³-hybridized carbons (Fsp3) is 0.333. The topological polar surface area (TPSA) is 41.5 Å². The molecule has 2 rings (SSSR count). The maximum Gasteiger partial charge on any atom is 0.143 e. The van der Waals surface area contributed by atoms with Crippen molar-refractivity contribution in [3.63, 3.8) is 0 Å². The first kappa shape index (κ1) is 7.28. The highest BCUT2D eigenvalue weighted by molar-refractivity contribution is 5.66. The Bertz CT molecular complexity index is 310. The average Bonchev–Trinajstić information content (AvgIpc) is 2.12. The lowest BCUT2D eigenvalue weighted by Gasteiger charge is -2.21. The molecule has 0 fully saturated rings. The number of phenols is 1. The predicted octanol–water partition coefficient (Wildman–Crippen LogP) is 1.50. The van der Waals surface area contributed by atoms with Gasteiger partial charge in [0, 0.05) is 12.1 Å². The van der Waals surface area contributed by atoms with Crippen LogP contribution in [0.25, 0.3) is 0 Å². The van der Waals surface area contributed by atoms with E-state index in [-0.39, 0.29) is 0 Å². The largest absolute Gasteiger partial charge is 0.508 e. The van der Waals surface area contributed by atoms with Gasteiger partial charge in [-0.15, -0.1) is 0 Å². The van der Waals surface area contributed by atoms with Gasteiger partial charge in [0.15, 0.2) is 0 Å². The van der Waals surface area contributed by atoms with Gasteiger partial charge < -0.3 is 15.2 Å². The number of hydrogen-bond acceptors (Lipinski definition) is 3. The Morgan fingerprint density at radius 2 is 2.33 bits per heavy atom. The molecule has 2 N–H and O–H groups in total. The number of benzene rings is 1. The van der Waals surface area contributed by atoms with Crippen molar-refractivity contribution in [3.05, 3.63) is 17.7 Å². The fourth-order valence-corrected chi connectivity index (χ4v) is 1.35. The molecular formula is C9H11NO2. The van der Waals surface area contributed by atoms with E-state index in [1.165, 1.54) is 0 Å². The molecule has 0 radical (unpaired) electrons. The van der Waals surface area contributed by atoms with Crippen molar-refractivity contribution in [2.24, 2.45) is 0 Å². The molecular weight excluding hydrogens is 154 g/mol. The second-order valence-electron chi connectivity index (χ2n) is 2.86. The van der Waals surface area contributed by atoms with Crippen LogP contribution in [0.2, 0.25) is 0 Å². The highest BCUT2D eigenvalue weighted by atomic mass is 16.5. The first-order valence-corrected chi connectivity index (χ1v) is 3.98. The Morgan fingerprint density at radius 3 is 3.17 bits per heavy atom. The van der Waals surface area contributed by atoms with Gasteiger partial charge in [-0.2, -0.15) is 0 Å². The first-order chi connectivity index (χ1) is 5.79. The van der Waals surface area contributed by atoms with Gasteiger partial charge in [-0.05, 0) is 19.1 Å². The van der Waals surface area contributed by atoms with E-state index in [9.17, 15) is 5.11 Å². The van der Waals surface area contributed by atoms with Gasteiger partial charge in [0.2, 0.25) is 0 Å². The van der Waals surface area contributed by atoms with E-state index in [0.717, 1.165) is 23.5 Å². The highest BCUT2D eigenvalue weighted by Crippen LogP contribution is 2.35. The highest BCUT2D eigenvalue weighted by Gasteiger charge is 2.13. The molecule has 1 aromatic carbocycles. The summed E-state index contributed by atoms with van der Waals surface area (Å²) in [6.07, 6.45) is 0. The minimum atomic E-state index is 0.312. The maximum absolute atomic E-state index is 9.38. The summed E-state index contributed by atoms with van der Waals surface area (Å²) in [5.41, 5.74) is 1.77. The molecule has 0 spiro atoms. The average molecular weight is 165 g/mol. The van der Waals surface area contributed by atoms with Crippen LogP contribution < -0.4 is 10.1 Å². The SMILES string of the molecule is Cc1c(O)ccc2c1NCCO2. The van der Waals surface area contributed by atoms with Crippen LogP contribution in [0.1, 0.15) is 5.56 Å². The van der Waals surface area contributed by atoms with Crippen molar-refractivity contribution in [2.45, 2.75) is 6.92 Å².